The second-order valence-corrected chi connectivity index (χ2v) is 2.46. The highest BCUT2D eigenvalue weighted by Crippen LogP contribution is 2.03. The van der Waals surface area contributed by atoms with Crippen molar-refractivity contribution in [3.05, 3.63) is 23.9 Å². The van der Waals surface area contributed by atoms with Gasteiger partial charge in [-0.3, -0.25) is 4.68 Å². The lowest BCUT2D eigenvalue weighted by atomic mass is 10.4. The van der Waals surface area contributed by atoms with Gasteiger partial charge in [0.2, 0.25) is 0 Å². The Morgan fingerprint density at radius 1 is 1.73 bits per heavy atom. The summed E-state index contributed by atoms with van der Waals surface area (Å²) in [6.45, 7) is 4.79. The van der Waals surface area contributed by atoms with Gasteiger partial charge in [0.1, 0.15) is 5.82 Å². The molecular formula is C8H13N3. The van der Waals surface area contributed by atoms with Crippen LogP contribution < -0.4 is 5.73 Å². The van der Waals surface area contributed by atoms with E-state index in [0.717, 1.165) is 12.2 Å². The molecule has 0 atom stereocenters. The summed E-state index contributed by atoms with van der Waals surface area (Å²) in [4.78, 5) is 0. The van der Waals surface area contributed by atoms with Crippen molar-refractivity contribution in [1.29, 1.82) is 0 Å². The van der Waals surface area contributed by atoms with Crippen LogP contribution in [0.1, 0.15) is 12.6 Å². The van der Waals surface area contributed by atoms with Gasteiger partial charge in [-0.05, 0) is 13.8 Å². The van der Waals surface area contributed by atoms with E-state index in [9.17, 15) is 0 Å². The molecule has 3 heteroatoms. The summed E-state index contributed by atoms with van der Waals surface area (Å²) < 4.78 is 1.87. The minimum Gasteiger partial charge on any atom is -0.382 e. The van der Waals surface area contributed by atoms with Gasteiger partial charge in [-0.1, -0.05) is 12.2 Å². The molecule has 0 fully saturated rings. The fourth-order valence-corrected chi connectivity index (χ4v) is 0.926. The predicted octanol–water partition coefficient (Wildman–Crippen LogP) is 1.35. The van der Waals surface area contributed by atoms with E-state index in [-0.39, 0.29) is 0 Å². The van der Waals surface area contributed by atoms with Crippen LogP contribution in [0.5, 0.6) is 0 Å². The molecule has 2 N–H and O–H groups in total. The molecule has 1 aromatic heterocycles. The fourth-order valence-electron chi connectivity index (χ4n) is 0.926. The maximum Gasteiger partial charge on any atom is 0.145 e. The van der Waals surface area contributed by atoms with Gasteiger partial charge in [-0.15, -0.1) is 0 Å². The number of nitrogens with two attached hydrogens (primary N) is 1. The first-order chi connectivity index (χ1) is 5.24. The molecule has 0 aliphatic carbocycles. The van der Waals surface area contributed by atoms with Crippen LogP contribution in [0.4, 0.5) is 5.82 Å². The number of nitrogens with zero attached hydrogens (tertiary/aromatic N) is 2. The molecule has 0 aliphatic rings. The molecule has 0 aliphatic heterocycles. The first-order valence-electron chi connectivity index (χ1n) is 3.65. The number of aromatic nitrogens is 2. The molecule has 1 heterocycles. The number of allylic oxidation sites excluding steroid dienone is 2. The Morgan fingerprint density at radius 2 is 2.45 bits per heavy atom. The summed E-state index contributed by atoms with van der Waals surface area (Å²) in [6, 6.07) is 1.86. The maximum absolute atomic E-state index is 5.50. The number of nitrogen functional groups attached to an aromatic ring is 1. The molecule has 0 radical (unpaired) electrons. The van der Waals surface area contributed by atoms with E-state index in [2.05, 4.69) is 5.10 Å². The van der Waals surface area contributed by atoms with Gasteiger partial charge in [0, 0.05) is 11.8 Å². The molecule has 11 heavy (non-hydrogen) atoms. The van der Waals surface area contributed by atoms with Crippen molar-refractivity contribution in [2.75, 3.05) is 5.73 Å². The van der Waals surface area contributed by atoms with E-state index in [0.29, 0.717) is 5.82 Å². The topological polar surface area (TPSA) is 43.8 Å². The highest BCUT2D eigenvalue weighted by molar-refractivity contribution is 5.28. The average molecular weight is 151 g/mol. The van der Waals surface area contributed by atoms with Crippen molar-refractivity contribution in [3.63, 3.8) is 0 Å². The molecule has 1 aromatic rings. The monoisotopic (exact) mass is 151 g/mol. The minimum absolute atomic E-state index is 0.590. The van der Waals surface area contributed by atoms with Crippen molar-refractivity contribution in [1.82, 2.24) is 9.78 Å². The third-order valence-corrected chi connectivity index (χ3v) is 1.51. The average Bonchev–Trinajstić information content (AvgIpc) is 2.26. The zero-order valence-electron chi connectivity index (χ0n) is 6.91. The van der Waals surface area contributed by atoms with Crippen LogP contribution in [0.15, 0.2) is 18.2 Å². The van der Waals surface area contributed by atoms with Crippen molar-refractivity contribution >= 4 is 5.82 Å². The summed E-state index contributed by atoms with van der Waals surface area (Å²) in [5, 5.41) is 4.09. The van der Waals surface area contributed by atoms with Crippen LogP contribution in [0.2, 0.25) is 0 Å². The Morgan fingerprint density at radius 3 is 2.91 bits per heavy atom. The second-order valence-electron chi connectivity index (χ2n) is 2.46. The lowest BCUT2D eigenvalue weighted by molar-refractivity contribution is 0.681. The molecule has 0 spiro atoms. The first kappa shape index (κ1) is 7.85. The second kappa shape index (κ2) is 3.23. The van der Waals surface area contributed by atoms with E-state index in [1.54, 1.807) is 0 Å². The first-order valence-corrected chi connectivity index (χ1v) is 3.65. The fraction of sp³-hybridized carbons (Fsp3) is 0.375. The Bertz CT molecular complexity index is 260. The third-order valence-electron chi connectivity index (χ3n) is 1.51. The number of aryl methyl sites for hydroxylation is 1. The van der Waals surface area contributed by atoms with Gasteiger partial charge in [0.25, 0.3) is 0 Å². The number of hydrogen-bond acceptors (Lipinski definition) is 2. The standard InChI is InChI=1S/C8H13N3/c1-3-4-5-11-7(2)6-8(9)10-11/h3-4,6H,5H2,1-2H3,(H2,9,10)/b4-3+. The zero-order valence-corrected chi connectivity index (χ0v) is 6.91. The van der Waals surface area contributed by atoms with Crippen molar-refractivity contribution in [2.24, 2.45) is 0 Å². The predicted molar refractivity (Wildman–Crippen MR) is 46.2 cm³/mol. The quantitative estimate of drug-likeness (QED) is 0.648. The van der Waals surface area contributed by atoms with Gasteiger partial charge in [-0.2, -0.15) is 5.10 Å². The maximum atomic E-state index is 5.50. The summed E-state index contributed by atoms with van der Waals surface area (Å²) in [5.41, 5.74) is 6.59. The normalized spacial score (nSPS) is 11.1. The smallest absolute Gasteiger partial charge is 0.145 e. The van der Waals surface area contributed by atoms with Gasteiger partial charge >= 0.3 is 0 Å². The van der Waals surface area contributed by atoms with Gasteiger partial charge in [0.05, 0.1) is 6.54 Å². The molecule has 0 unspecified atom stereocenters. The summed E-state index contributed by atoms with van der Waals surface area (Å²) in [7, 11) is 0. The molecular weight excluding hydrogens is 138 g/mol. The highest BCUT2D eigenvalue weighted by atomic mass is 15.3. The van der Waals surface area contributed by atoms with Crippen molar-refractivity contribution in [3.8, 4) is 0 Å². The SMILES string of the molecule is C/C=C/Cn1nc(N)cc1C. The summed E-state index contributed by atoms with van der Waals surface area (Å²) in [6.07, 6.45) is 4.04. The Balaban J connectivity index is 2.77. The van der Waals surface area contributed by atoms with Crippen LogP contribution in [0, 0.1) is 6.92 Å². The van der Waals surface area contributed by atoms with E-state index in [4.69, 9.17) is 5.73 Å². The number of rotatable bonds is 2. The van der Waals surface area contributed by atoms with Crippen LogP contribution in [-0.4, -0.2) is 9.78 Å². The molecule has 0 saturated heterocycles. The van der Waals surface area contributed by atoms with E-state index in [1.165, 1.54) is 0 Å². The molecule has 0 amide bonds. The molecule has 3 nitrogen and oxygen atoms in total. The summed E-state index contributed by atoms with van der Waals surface area (Å²) >= 11 is 0. The third kappa shape index (κ3) is 1.83. The molecule has 0 saturated carbocycles. The van der Waals surface area contributed by atoms with Crippen LogP contribution >= 0.6 is 0 Å². The summed E-state index contributed by atoms with van der Waals surface area (Å²) in [5.74, 6) is 0.590. The Labute approximate surface area is 66.5 Å². The van der Waals surface area contributed by atoms with Crippen LogP contribution in [0.3, 0.4) is 0 Å². The van der Waals surface area contributed by atoms with Crippen molar-refractivity contribution in [2.45, 2.75) is 20.4 Å². The zero-order chi connectivity index (χ0) is 8.27. The van der Waals surface area contributed by atoms with Gasteiger partial charge in [0.15, 0.2) is 0 Å². The van der Waals surface area contributed by atoms with Gasteiger partial charge in [-0.25, -0.2) is 0 Å². The molecule has 60 valence electrons. The molecule has 1 rings (SSSR count). The van der Waals surface area contributed by atoms with Crippen LogP contribution in [0.25, 0.3) is 0 Å². The minimum atomic E-state index is 0.590. The Hall–Kier alpha value is -1.25. The van der Waals surface area contributed by atoms with Crippen molar-refractivity contribution < 1.29 is 0 Å². The number of hydrogen-bond donors (Lipinski definition) is 1. The van der Waals surface area contributed by atoms with Gasteiger partial charge < -0.3 is 5.73 Å². The highest BCUT2D eigenvalue weighted by Gasteiger charge is 1.97. The van der Waals surface area contributed by atoms with Crippen LogP contribution in [-0.2, 0) is 6.54 Å². The molecule has 0 bridgehead atoms. The number of anilines is 1. The van der Waals surface area contributed by atoms with E-state index in [1.807, 2.05) is 36.7 Å². The van der Waals surface area contributed by atoms with E-state index >= 15 is 0 Å². The lowest BCUT2D eigenvalue weighted by Crippen LogP contribution is -2.00. The lowest BCUT2D eigenvalue weighted by Gasteiger charge is -1.96. The van der Waals surface area contributed by atoms with E-state index < -0.39 is 0 Å². The molecule has 0 aromatic carbocycles. The largest absolute Gasteiger partial charge is 0.382 e. The Kier molecular flexibility index (Phi) is 2.31.